The van der Waals surface area contributed by atoms with Crippen LogP contribution in [-0.4, -0.2) is 51.4 Å². The highest BCUT2D eigenvalue weighted by molar-refractivity contribution is 7.89. The van der Waals surface area contributed by atoms with Gasteiger partial charge >= 0.3 is 0 Å². The molecule has 0 unspecified atom stereocenters. The van der Waals surface area contributed by atoms with Crippen LogP contribution in [0.1, 0.15) is 46.6 Å². The normalized spacial score (nSPS) is 15.1. The molecule has 1 aromatic heterocycles. The average Bonchev–Trinajstić information content (AvgIpc) is 3.11. The van der Waals surface area contributed by atoms with Crippen LogP contribution in [0.3, 0.4) is 0 Å². The molecule has 0 saturated carbocycles. The molecule has 7 nitrogen and oxygen atoms in total. The summed E-state index contributed by atoms with van der Waals surface area (Å²) in [6.07, 6.45) is 0. The van der Waals surface area contributed by atoms with Crippen molar-refractivity contribution in [3.8, 4) is 5.75 Å². The number of fused-ring (bicyclic) bond motifs is 4. The Hall–Kier alpha value is -2.97. The largest absolute Gasteiger partial charge is 0.495 e. The van der Waals surface area contributed by atoms with Crippen molar-refractivity contribution in [2.45, 2.75) is 30.7 Å². The number of aromatic nitrogens is 1. The minimum Gasteiger partial charge on any atom is -0.495 e. The van der Waals surface area contributed by atoms with Crippen molar-refractivity contribution < 1.29 is 17.9 Å². The molecule has 0 saturated heterocycles. The van der Waals surface area contributed by atoms with E-state index in [2.05, 4.69) is 16.7 Å². The minimum atomic E-state index is -3.80. The van der Waals surface area contributed by atoms with E-state index >= 15 is 0 Å². The number of aromatic amines is 1. The zero-order valence-corrected chi connectivity index (χ0v) is 19.1. The number of ketones is 1. The van der Waals surface area contributed by atoms with Crippen LogP contribution in [0, 0.1) is 0 Å². The lowest BCUT2D eigenvalue weighted by atomic mass is 9.71. The first kappa shape index (κ1) is 21.3. The highest BCUT2D eigenvalue weighted by Gasteiger charge is 2.41. The Morgan fingerprint density at radius 2 is 1.90 bits per heavy atom. The monoisotopic (exact) mass is 439 g/mol. The van der Waals surface area contributed by atoms with Gasteiger partial charge < -0.3 is 9.72 Å². The summed E-state index contributed by atoms with van der Waals surface area (Å²) in [6.45, 7) is 8.05. The third-order valence-electron chi connectivity index (χ3n) is 5.99. The maximum Gasteiger partial charge on any atom is 0.246 e. The van der Waals surface area contributed by atoms with Gasteiger partial charge in [-0.25, -0.2) is 12.7 Å². The van der Waals surface area contributed by atoms with Crippen LogP contribution in [0.25, 0.3) is 10.9 Å². The Morgan fingerprint density at radius 1 is 1.19 bits per heavy atom. The Kier molecular flexibility index (Phi) is 4.83. The van der Waals surface area contributed by atoms with Crippen molar-refractivity contribution in [2.75, 3.05) is 21.2 Å². The van der Waals surface area contributed by atoms with Gasteiger partial charge in [0.05, 0.1) is 19.2 Å². The third kappa shape index (κ3) is 3.01. The van der Waals surface area contributed by atoms with Gasteiger partial charge in [0.1, 0.15) is 10.6 Å². The summed E-state index contributed by atoms with van der Waals surface area (Å²) >= 11 is 0. The van der Waals surface area contributed by atoms with Crippen LogP contribution >= 0.6 is 0 Å². The van der Waals surface area contributed by atoms with E-state index in [0.29, 0.717) is 17.7 Å². The van der Waals surface area contributed by atoms with Crippen LogP contribution in [0.4, 0.5) is 0 Å². The highest BCUT2D eigenvalue weighted by atomic mass is 32.2. The van der Waals surface area contributed by atoms with E-state index < -0.39 is 15.4 Å². The van der Waals surface area contributed by atoms with Crippen molar-refractivity contribution in [2.24, 2.45) is 4.99 Å². The summed E-state index contributed by atoms with van der Waals surface area (Å²) in [5.74, 6) is 0.00950. The second-order valence-corrected chi connectivity index (χ2v) is 10.5. The fourth-order valence-electron chi connectivity index (χ4n) is 4.27. The standard InChI is InChI=1S/C23H25N3O4S/c1-23(2)16-11-18(30-6)19(31(28,29)26(4)5)10-15(16)21(27)20-14-8-7-13(12-24-3)9-17(14)25-22(20)23/h7-11,25H,3,12H2,1-2,4-6H3. The van der Waals surface area contributed by atoms with Gasteiger partial charge in [0.15, 0.2) is 5.78 Å². The number of hydrogen-bond donors (Lipinski definition) is 1. The molecule has 0 radical (unpaired) electrons. The number of nitrogens with one attached hydrogen (secondary N) is 1. The molecule has 0 spiro atoms. The summed E-state index contributed by atoms with van der Waals surface area (Å²) in [6, 6.07) is 8.93. The van der Waals surface area contributed by atoms with Crippen LogP contribution in [0.2, 0.25) is 0 Å². The second kappa shape index (κ2) is 7.03. The van der Waals surface area contributed by atoms with Crippen LogP contribution in [0.5, 0.6) is 5.75 Å². The molecular formula is C23H25N3O4S. The second-order valence-electron chi connectivity index (χ2n) is 8.43. The fraction of sp³-hybridized carbons (Fsp3) is 0.304. The SMILES string of the molecule is C=NCc1ccc2c3c([nH]c2c1)C(C)(C)c1cc(OC)c(S(=O)(=O)N(C)C)cc1C3=O. The smallest absolute Gasteiger partial charge is 0.246 e. The molecule has 4 rings (SSSR count). The number of rotatable bonds is 5. The van der Waals surface area contributed by atoms with E-state index in [-0.39, 0.29) is 16.4 Å². The van der Waals surface area contributed by atoms with Crippen molar-refractivity contribution in [1.29, 1.82) is 0 Å². The molecule has 1 aliphatic carbocycles. The Morgan fingerprint density at radius 3 is 2.52 bits per heavy atom. The number of sulfonamides is 1. The summed E-state index contributed by atoms with van der Waals surface area (Å²) < 4.78 is 32.3. The maximum atomic E-state index is 13.6. The fourth-order valence-corrected chi connectivity index (χ4v) is 5.33. The molecule has 0 aliphatic heterocycles. The van der Waals surface area contributed by atoms with Gasteiger partial charge in [0.25, 0.3) is 0 Å². The number of ether oxygens (including phenoxy) is 1. The summed E-state index contributed by atoms with van der Waals surface area (Å²) in [7, 11) is 0.532. The minimum absolute atomic E-state index is 0.0227. The summed E-state index contributed by atoms with van der Waals surface area (Å²) in [4.78, 5) is 21.0. The molecule has 162 valence electrons. The van der Waals surface area contributed by atoms with Gasteiger partial charge in [-0.1, -0.05) is 26.0 Å². The number of nitrogens with zero attached hydrogens (tertiary/aromatic N) is 2. The molecule has 31 heavy (non-hydrogen) atoms. The quantitative estimate of drug-likeness (QED) is 0.616. The van der Waals surface area contributed by atoms with Gasteiger partial charge in [0.2, 0.25) is 10.0 Å². The lowest BCUT2D eigenvalue weighted by molar-refractivity contribution is 0.103. The molecule has 0 amide bonds. The van der Waals surface area contributed by atoms with Crippen LogP contribution in [0.15, 0.2) is 40.2 Å². The molecule has 8 heteroatoms. The summed E-state index contributed by atoms with van der Waals surface area (Å²) in [5.41, 5.74) is 3.73. The zero-order chi connectivity index (χ0) is 22.7. The van der Waals surface area contributed by atoms with E-state index in [4.69, 9.17) is 4.74 Å². The molecule has 2 aromatic carbocycles. The number of methoxy groups -OCH3 is 1. The van der Waals surface area contributed by atoms with Crippen molar-refractivity contribution in [3.63, 3.8) is 0 Å². The number of carbonyl (C=O) groups is 1. The summed E-state index contributed by atoms with van der Waals surface area (Å²) in [5, 5.41) is 0.805. The Bertz CT molecular complexity index is 1350. The van der Waals surface area contributed by atoms with E-state index in [1.165, 1.54) is 27.3 Å². The number of aliphatic imine (C=N–C) groups is 1. The van der Waals surface area contributed by atoms with Gasteiger partial charge in [-0.05, 0) is 36.0 Å². The van der Waals surface area contributed by atoms with Gasteiger partial charge in [-0.3, -0.25) is 9.79 Å². The predicted molar refractivity (Wildman–Crippen MR) is 121 cm³/mol. The molecule has 1 heterocycles. The first-order valence-electron chi connectivity index (χ1n) is 9.81. The molecular weight excluding hydrogens is 414 g/mol. The Labute approximate surface area is 181 Å². The van der Waals surface area contributed by atoms with Crippen molar-refractivity contribution in [1.82, 2.24) is 9.29 Å². The number of benzene rings is 2. The Balaban J connectivity index is 2.02. The van der Waals surface area contributed by atoms with E-state index in [1.807, 2.05) is 32.0 Å². The molecule has 0 bridgehead atoms. The molecule has 0 fully saturated rings. The van der Waals surface area contributed by atoms with E-state index in [9.17, 15) is 13.2 Å². The predicted octanol–water partition coefficient (Wildman–Crippen LogP) is 3.50. The topological polar surface area (TPSA) is 91.8 Å². The zero-order valence-electron chi connectivity index (χ0n) is 18.2. The first-order valence-corrected chi connectivity index (χ1v) is 11.2. The van der Waals surface area contributed by atoms with Crippen molar-refractivity contribution >= 4 is 33.4 Å². The van der Waals surface area contributed by atoms with Gasteiger partial charge in [-0.2, -0.15) is 0 Å². The average molecular weight is 440 g/mol. The van der Waals surface area contributed by atoms with Crippen LogP contribution < -0.4 is 4.74 Å². The molecule has 3 aromatic rings. The van der Waals surface area contributed by atoms with Crippen LogP contribution in [-0.2, 0) is 22.0 Å². The first-order chi connectivity index (χ1) is 14.5. The van der Waals surface area contributed by atoms with E-state index in [1.54, 1.807) is 6.07 Å². The maximum absolute atomic E-state index is 13.6. The number of hydrogen-bond acceptors (Lipinski definition) is 5. The highest BCUT2D eigenvalue weighted by Crippen LogP contribution is 2.46. The molecule has 0 atom stereocenters. The van der Waals surface area contributed by atoms with Gasteiger partial charge in [-0.15, -0.1) is 0 Å². The number of H-pyrrole nitrogens is 1. The number of carbonyl (C=O) groups excluding carboxylic acids is 1. The van der Waals surface area contributed by atoms with Gasteiger partial charge in [0, 0.05) is 41.7 Å². The molecule has 1 N–H and O–H groups in total. The van der Waals surface area contributed by atoms with E-state index in [0.717, 1.165) is 32.0 Å². The third-order valence-corrected chi connectivity index (χ3v) is 7.83. The molecule has 1 aliphatic rings. The lowest BCUT2D eigenvalue weighted by Crippen LogP contribution is -2.31. The van der Waals surface area contributed by atoms with Crippen molar-refractivity contribution in [3.05, 3.63) is 58.3 Å². The lowest BCUT2D eigenvalue weighted by Gasteiger charge is -2.33.